The summed E-state index contributed by atoms with van der Waals surface area (Å²) in [6.45, 7) is 0. The molecule has 2 atom stereocenters. The summed E-state index contributed by atoms with van der Waals surface area (Å²) in [5.74, 6) is -0.266. The predicted molar refractivity (Wildman–Crippen MR) is 127 cm³/mol. The van der Waals surface area contributed by atoms with Crippen LogP contribution < -0.4 is 10.2 Å². The molecule has 3 heterocycles. The molecule has 7 heteroatoms. The molecule has 2 aromatic heterocycles. The van der Waals surface area contributed by atoms with E-state index in [4.69, 9.17) is 0 Å². The second-order valence-electron chi connectivity index (χ2n) is 9.13. The highest BCUT2D eigenvalue weighted by Crippen LogP contribution is 2.54. The molecule has 6 rings (SSSR count). The minimum Gasteiger partial charge on any atom is -0.353 e. The van der Waals surface area contributed by atoms with Gasteiger partial charge in [0.2, 0.25) is 12.3 Å². The number of pyridine rings is 1. The fraction of sp³-hybridized carbons (Fsp3) is 0.222. The Morgan fingerprint density at radius 3 is 2.50 bits per heavy atom. The molecule has 2 aromatic carbocycles. The van der Waals surface area contributed by atoms with E-state index in [1.807, 2.05) is 58.0 Å². The SMILES string of the molecule is O=CNC1([C@H]2CC(=O)N(c3ccc4c(-c5ccc(F)cc5)ncn4c3)[C@H]2c2ccccc2)CC1. The molecule has 1 aliphatic carbocycles. The molecule has 170 valence electrons. The van der Waals surface area contributed by atoms with Crippen molar-refractivity contribution < 1.29 is 14.0 Å². The minimum atomic E-state index is -0.332. The number of halogens is 1. The third kappa shape index (κ3) is 3.27. The monoisotopic (exact) mass is 454 g/mol. The Labute approximate surface area is 196 Å². The first-order valence-electron chi connectivity index (χ1n) is 11.4. The average molecular weight is 455 g/mol. The fourth-order valence-electron chi connectivity index (χ4n) is 5.40. The molecule has 2 amide bonds. The molecular formula is C27H23FN4O2. The summed E-state index contributed by atoms with van der Waals surface area (Å²) in [7, 11) is 0. The number of carbonyl (C=O) groups is 2. The van der Waals surface area contributed by atoms with Gasteiger partial charge in [-0.2, -0.15) is 0 Å². The highest BCUT2D eigenvalue weighted by molar-refractivity contribution is 5.97. The van der Waals surface area contributed by atoms with Crippen molar-refractivity contribution >= 4 is 23.5 Å². The second kappa shape index (κ2) is 7.80. The van der Waals surface area contributed by atoms with Crippen LogP contribution in [0.5, 0.6) is 0 Å². The number of nitrogens with one attached hydrogen (secondary N) is 1. The van der Waals surface area contributed by atoms with E-state index in [-0.39, 0.29) is 29.2 Å². The highest BCUT2D eigenvalue weighted by atomic mass is 19.1. The zero-order chi connectivity index (χ0) is 23.3. The maximum absolute atomic E-state index is 13.4. The summed E-state index contributed by atoms with van der Waals surface area (Å²) in [6, 6.07) is 20.0. The molecule has 2 fully saturated rings. The molecule has 34 heavy (non-hydrogen) atoms. The molecular weight excluding hydrogens is 431 g/mol. The van der Waals surface area contributed by atoms with Crippen molar-refractivity contribution in [2.45, 2.75) is 30.8 Å². The largest absolute Gasteiger partial charge is 0.353 e. The number of aromatic nitrogens is 2. The van der Waals surface area contributed by atoms with Crippen LogP contribution in [0.2, 0.25) is 0 Å². The quantitative estimate of drug-likeness (QED) is 0.436. The van der Waals surface area contributed by atoms with Crippen molar-refractivity contribution in [3.05, 3.63) is 90.6 Å². The first kappa shape index (κ1) is 20.6. The van der Waals surface area contributed by atoms with Crippen LogP contribution in [-0.4, -0.2) is 27.2 Å². The number of hydrogen-bond donors (Lipinski definition) is 1. The van der Waals surface area contributed by atoms with Crippen molar-refractivity contribution in [1.29, 1.82) is 0 Å². The van der Waals surface area contributed by atoms with E-state index in [9.17, 15) is 14.0 Å². The normalized spacial score (nSPS) is 21.1. The number of anilines is 1. The van der Waals surface area contributed by atoms with E-state index in [1.54, 1.807) is 18.5 Å². The number of carbonyl (C=O) groups excluding carboxylic acids is 2. The molecule has 6 nitrogen and oxygen atoms in total. The number of rotatable bonds is 6. The number of amides is 2. The van der Waals surface area contributed by atoms with Crippen LogP contribution in [0.3, 0.4) is 0 Å². The summed E-state index contributed by atoms with van der Waals surface area (Å²) in [4.78, 5) is 31.1. The zero-order valence-corrected chi connectivity index (χ0v) is 18.4. The number of imidazole rings is 1. The third-order valence-corrected chi connectivity index (χ3v) is 7.22. The zero-order valence-electron chi connectivity index (χ0n) is 18.4. The Kier molecular flexibility index (Phi) is 4.72. The van der Waals surface area contributed by atoms with Gasteiger partial charge in [-0.25, -0.2) is 9.37 Å². The van der Waals surface area contributed by atoms with Crippen molar-refractivity contribution in [3.8, 4) is 11.3 Å². The molecule has 0 radical (unpaired) electrons. The Bertz CT molecular complexity index is 1380. The van der Waals surface area contributed by atoms with Gasteiger partial charge in [0.25, 0.3) is 0 Å². The van der Waals surface area contributed by atoms with Gasteiger partial charge in [-0.1, -0.05) is 30.3 Å². The van der Waals surface area contributed by atoms with Gasteiger partial charge in [0.15, 0.2) is 0 Å². The van der Waals surface area contributed by atoms with Crippen LogP contribution in [0.4, 0.5) is 10.1 Å². The summed E-state index contributed by atoms with van der Waals surface area (Å²) in [6.07, 6.45) is 6.52. The van der Waals surface area contributed by atoms with Crippen LogP contribution in [0, 0.1) is 11.7 Å². The van der Waals surface area contributed by atoms with Gasteiger partial charge in [-0.3, -0.25) is 9.59 Å². The first-order valence-corrected chi connectivity index (χ1v) is 11.4. The fourth-order valence-corrected chi connectivity index (χ4v) is 5.40. The lowest BCUT2D eigenvalue weighted by Gasteiger charge is -2.33. The number of fused-ring (bicyclic) bond motifs is 1. The van der Waals surface area contributed by atoms with Crippen molar-refractivity contribution in [2.75, 3.05) is 4.90 Å². The van der Waals surface area contributed by atoms with Gasteiger partial charge < -0.3 is 14.6 Å². The van der Waals surface area contributed by atoms with Crippen molar-refractivity contribution in [1.82, 2.24) is 14.7 Å². The van der Waals surface area contributed by atoms with Gasteiger partial charge in [0.05, 0.1) is 22.9 Å². The molecule has 2 aliphatic rings. The van der Waals surface area contributed by atoms with E-state index in [1.165, 1.54) is 12.1 Å². The number of hydrogen-bond acceptors (Lipinski definition) is 3. The maximum Gasteiger partial charge on any atom is 0.228 e. The molecule has 1 saturated carbocycles. The minimum absolute atomic E-state index is 0.0131. The topological polar surface area (TPSA) is 66.7 Å². The Hall–Kier alpha value is -4.00. The predicted octanol–water partition coefficient (Wildman–Crippen LogP) is 4.51. The van der Waals surface area contributed by atoms with Crippen LogP contribution >= 0.6 is 0 Å². The van der Waals surface area contributed by atoms with E-state index in [0.717, 1.165) is 47.3 Å². The van der Waals surface area contributed by atoms with Crippen LogP contribution in [0.25, 0.3) is 16.8 Å². The lowest BCUT2D eigenvalue weighted by Crippen LogP contribution is -2.41. The molecule has 1 saturated heterocycles. The highest BCUT2D eigenvalue weighted by Gasteiger charge is 2.58. The molecule has 0 bridgehead atoms. The standard InChI is InChI=1S/C27H23FN4O2/c28-20-8-6-18(7-9-20)25-23-11-10-21(15-31(23)16-29-25)32-24(34)14-22(27(12-13-27)30-17-33)26(32)19-4-2-1-3-5-19/h1-11,15-17,22,26H,12-14H2,(H,30,33)/t22-,26-/m0/s1. The summed E-state index contributed by atoms with van der Waals surface area (Å²) in [5.41, 5.74) is 3.95. The van der Waals surface area contributed by atoms with E-state index >= 15 is 0 Å². The van der Waals surface area contributed by atoms with Gasteiger partial charge >= 0.3 is 0 Å². The van der Waals surface area contributed by atoms with Gasteiger partial charge in [0.1, 0.15) is 12.1 Å². The Morgan fingerprint density at radius 2 is 1.79 bits per heavy atom. The second-order valence-corrected chi connectivity index (χ2v) is 9.13. The Morgan fingerprint density at radius 1 is 1.03 bits per heavy atom. The maximum atomic E-state index is 13.4. The first-order chi connectivity index (χ1) is 16.6. The molecule has 0 spiro atoms. The Balaban J connectivity index is 1.42. The van der Waals surface area contributed by atoms with Crippen LogP contribution in [0.15, 0.2) is 79.3 Å². The van der Waals surface area contributed by atoms with Gasteiger partial charge in [-0.15, -0.1) is 0 Å². The van der Waals surface area contributed by atoms with E-state index in [0.29, 0.717) is 6.42 Å². The lowest BCUT2D eigenvalue weighted by molar-refractivity contribution is -0.118. The molecule has 0 unspecified atom stereocenters. The third-order valence-electron chi connectivity index (χ3n) is 7.22. The van der Waals surface area contributed by atoms with Crippen molar-refractivity contribution in [3.63, 3.8) is 0 Å². The van der Waals surface area contributed by atoms with Crippen molar-refractivity contribution in [2.24, 2.45) is 5.92 Å². The average Bonchev–Trinajstić information content (AvgIpc) is 3.37. The smallest absolute Gasteiger partial charge is 0.228 e. The summed E-state index contributed by atoms with van der Waals surface area (Å²) in [5, 5.41) is 3.02. The van der Waals surface area contributed by atoms with Crippen LogP contribution in [0.1, 0.15) is 30.9 Å². The molecule has 4 aromatic rings. The van der Waals surface area contributed by atoms with E-state index < -0.39 is 0 Å². The van der Waals surface area contributed by atoms with Crippen LogP contribution in [-0.2, 0) is 9.59 Å². The number of benzene rings is 2. The van der Waals surface area contributed by atoms with Gasteiger partial charge in [0, 0.05) is 29.6 Å². The van der Waals surface area contributed by atoms with E-state index in [2.05, 4.69) is 10.3 Å². The summed E-state index contributed by atoms with van der Waals surface area (Å²) >= 11 is 0. The number of nitrogens with zero attached hydrogens (tertiary/aromatic N) is 3. The molecule has 1 aliphatic heterocycles. The van der Waals surface area contributed by atoms with Gasteiger partial charge in [-0.05, 0) is 54.8 Å². The molecule has 1 N–H and O–H groups in total. The summed E-state index contributed by atoms with van der Waals surface area (Å²) < 4.78 is 15.3. The lowest BCUT2D eigenvalue weighted by atomic mass is 9.85.